The number of benzene rings is 1. The molecule has 0 unspecified atom stereocenters. The Balaban J connectivity index is 3.19. The lowest BCUT2D eigenvalue weighted by Gasteiger charge is -2.19. The van der Waals surface area contributed by atoms with Gasteiger partial charge in [0.05, 0.1) is 0 Å². The van der Waals surface area contributed by atoms with Crippen molar-refractivity contribution in [1.29, 1.82) is 0 Å². The van der Waals surface area contributed by atoms with E-state index in [4.69, 9.17) is 5.73 Å². The van der Waals surface area contributed by atoms with Crippen molar-refractivity contribution in [3.05, 3.63) is 33.8 Å². The molecule has 0 aliphatic heterocycles. The number of aryl methyl sites for hydroxylation is 1. The first-order chi connectivity index (χ1) is 6.34. The molecule has 14 heavy (non-hydrogen) atoms. The maximum absolute atomic E-state index is 12.3. The van der Waals surface area contributed by atoms with Crippen LogP contribution in [0.25, 0.3) is 0 Å². The highest BCUT2D eigenvalue weighted by Crippen LogP contribution is 2.35. The van der Waals surface area contributed by atoms with Gasteiger partial charge in [-0.05, 0) is 24.1 Å². The highest BCUT2D eigenvalue weighted by molar-refractivity contribution is 9.10. The standard InChI is InChI=1S/C9H9BrF3N/c1-5-3-2-4-6(10)7(5)8(14)9(11,12)13/h2-4,8H,14H2,1H3/t8-/m0/s1. The van der Waals surface area contributed by atoms with Crippen molar-refractivity contribution in [3.63, 3.8) is 0 Å². The lowest BCUT2D eigenvalue weighted by Crippen LogP contribution is -2.29. The molecule has 0 bridgehead atoms. The van der Waals surface area contributed by atoms with Crippen molar-refractivity contribution in [2.24, 2.45) is 5.73 Å². The van der Waals surface area contributed by atoms with E-state index in [9.17, 15) is 13.2 Å². The summed E-state index contributed by atoms with van der Waals surface area (Å²) in [5.74, 6) is 0. The van der Waals surface area contributed by atoms with Crippen LogP contribution in [0, 0.1) is 6.92 Å². The molecule has 78 valence electrons. The van der Waals surface area contributed by atoms with Crippen LogP contribution < -0.4 is 5.73 Å². The Morgan fingerprint density at radius 2 is 1.93 bits per heavy atom. The van der Waals surface area contributed by atoms with Crippen molar-refractivity contribution in [1.82, 2.24) is 0 Å². The number of rotatable bonds is 1. The van der Waals surface area contributed by atoms with Crippen molar-refractivity contribution in [3.8, 4) is 0 Å². The van der Waals surface area contributed by atoms with Crippen LogP contribution >= 0.6 is 15.9 Å². The molecule has 1 atom stereocenters. The summed E-state index contributed by atoms with van der Waals surface area (Å²) in [4.78, 5) is 0. The molecule has 0 radical (unpaired) electrons. The number of halogens is 4. The van der Waals surface area contributed by atoms with Gasteiger partial charge in [-0.1, -0.05) is 28.1 Å². The quantitative estimate of drug-likeness (QED) is 0.830. The Bertz CT molecular complexity index is 315. The van der Waals surface area contributed by atoms with Crippen molar-refractivity contribution >= 4 is 15.9 Å². The number of nitrogens with two attached hydrogens (primary N) is 1. The van der Waals surface area contributed by atoms with Gasteiger partial charge in [-0.25, -0.2) is 0 Å². The molecule has 0 heterocycles. The lowest BCUT2D eigenvalue weighted by atomic mass is 10.0. The smallest absolute Gasteiger partial charge is 0.316 e. The fourth-order valence-corrected chi connectivity index (χ4v) is 1.91. The van der Waals surface area contributed by atoms with E-state index in [1.54, 1.807) is 25.1 Å². The molecule has 0 aliphatic carbocycles. The molecule has 0 amide bonds. The molecule has 5 heteroatoms. The van der Waals surface area contributed by atoms with Gasteiger partial charge in [0.2, 0.25) is 0 Å². The van der Waals surface area contributed by atoms with Crippen molar-refractivity contribution < 1.29 is 13.2 Å². The third kappa shape index (κ3) is 2.27. The number of alkyl halides is 3. The van der Waals surface area contributed by atoms with Crippen molar-refractivity contribution in [2.75, 3.05) is 0 Å². The minimum absolute atomic E-state index is 0.0972. The second-order valence-electron chi connectivity index (χ2n) is 2.99. The van der Waals surface area contributed by atoms with Gasteiger partial charge in [-0.2, -0.15) is 13.2 Å². The molecule has 0 aliphatic rings. The summed E-state index contributed by atoms with van der Waals surface area (Å²) in [5.41, 5.74) is 5.75. The molecule has 1 nitrogen and oxygen atoms in total. The Kier molecular flexibility index (Phi) is 3.21. The predicted molar refractivity (Wildman–Crippen MR) is 51.9 cm³/mol. The summed E-state index contributed by atoms with van der Waals surface area (Å²) in [6, 6.07) is 2.89. The molecule has 0 fully saturated rings. The van der Waals surface area contributed by atoms with Gasteiger partial charge in [0.1, 0.15) is 6.04 Å². The second-order valence-corrected chi connectivity index (χ2v) is 3.84. The van der Waals surface area contributed by atoms with Crippen LogP contribution in [0.5, 0.6) is 0 Å². The molecule has 0 spiro atoms. The van der Waals surface area contributed by atoms with E-state index in [2.05, 4.69) is 15.9 Å². The zero-order valence-electron chi connectivity index (χ0n) is 7.40. The van der Waals surface area contributed by atoms with Crippen LogP contribution in [0.15, 0.2) is 22.7 Å². The maximum atomic E-state index is 12.3. The van der Waals surface area contributed by atoms with Gasteiger partial charge in [0.25, 0.3) is 0 Å². The summed E-state index contributed by atoms with van der Waals surface area (Å²) in [5, 5.41) is 0. The Morgan fingerprint density at radius 1 is 1.36 bits per heavy atom. The van der Waals surface area contributed by atoms with Gasteiger partial charge >= 0.3 is 6.18 Å². The first-order valence-electron chi connectivity index (χ1n) is 3.91. The Morgan fingerprint density at radius 3 is 2.36 bits per heavy atom. The molecule has 0 aromatic heterocycles. The Hall–Kier alpha value is -0.550. The molecule has 0 saturated carbocycles. The topological polar surface area (TPSA) is 26.0 Å². The van der Waals surface area contributed by atoms with Gasteiger partial charge in [0, 0.05) is 4.47 Å². The SMILES string of the molecule is Cc1cccc(Br)c1[C@H](N)C(F)(F)F. The average Bonchev–Trinajstić information content (AvgIpc) is 2.01. The minimum atomic E-state index is -4.41. The van der Waals surface area contributed by atoms with E-state index in [0.717, 1.165) is 0 Å². The van der Waals surface area contributed by atoms with E-state index >= 15 is 0 Å². The van der Waals surface area contributed by atoms with Gasteiger partial charge < -0.3 is 5.73 Å². The van der Waals surface area contributed by atoms with E-state index in [1.165, 1.54) is 0 Å². The van der Waals surface area contributed by atoms with Gasteiger partial charge in [-0.3, -0.25) is 0 Å². The van der Waals surface area contributed by atoms with Crippen LogP contribution in [-0.4, -0.2) is 6.18 Å². The Labute approximate surface area is 88.2 Å². The van der Waals surface area contributed by atoms with Crippen LogP contribution in [0.3, 0.4) is 0 Å². The normalized spacial score (nSPS) is 14.1. The highest BCUT2D eigenvalue weighted by Gasteiger charge is 2.39. The molecular formula is C9H9BrF3N. The van der Waals surface area contributed by atoms with Crippen LogP contribution in [0.4, 0.5) is 13.2 Å². The third-order valence-electron chi connectivity index (χ3n) is 1.93. The predicted octanol–water partition coefficient (Wildman–Crippen LogP) is 3.32. The summed E-state index contributed by atoms with van der Waals surface area (Å²) >= 11 is 3.06. The molecule has 0 saturated heterocycles. The number of hydrogen-bond acceptors (Lipinski definition) is 1. The summed E-state index contributed by atoms with van der Waals surface area (Å²) < 4.78 is 37.4. The summed E-state index contributed by atoms with van der Waals surface area (Å²) in [7, 11) is 0. The van der Waals surface area contributed by atoms with E-state index in [1.807, 2.05) is 0 Å². The van der Waals surface area contributed by atoms with Gasteiger partial charge in [0.15, 0.2) is 0 Å². The number of hydrogen-bond donors (Lipinski definition) is 1. The molecule has 1 rings (SSSR count). The second kappa shape index (κ2) is 3.90. The third-order valence-corrected chi connectivity index (χ3v) is 2.63. The summed E-state index contributed by atoms with van der Waals surface area (Å²) in [6.07, 6.45) is -4.41. The molecule has 1 aromatic rings. The minimum Gasteiger partial charge on any atom is -0.316 e. The van der Waals surface area contributed by atoms with E-state index in [0.29, 0.717) is 10.0 Å². The molecular weight excluding hydrogens is 259 g/mol. The highest BCUT2D eigenvalue weighted by atomic mass is 79.9. The van der Waals surface area contributed by atoms with Crippen LogP contribution in [0.2, 0.25) is 0 Å². The van der Waals surface area contributed by atoms with E-state index in [-0.39, 0.29) is 5.56 Å². The first kappa shape index (κ1) is 11.5. The van der Waals surface area contributed by atoms with Crippen LogP contribution in [-0.2, 0) is 0 Å². The molecule has 2 N–H and O–H groups in total. The average molecular weight is 268 g/mol. The zero-order valence-corrected chi connectivity index (χ0v) is 8.98. The molecule has 1 aromatic carbocycles. The zero-order chi connectivity index (χ0) is 10.9. The van der Waals surface area contributed by atoms with Crippen LogP contribution in [0.1, 0.15) is 17.2 Å². The fourth-order valence-electron chi connectivity index (χ4n) is 1.20. The fraction of sp³-hybridized carbons (Fsp3) is 0.333. The largest absolute Gasteiger partial charge is 0.407 e. The maximum Gasteiger partial charge on any atom is 0.407 e. The monoisotopic (exact) mass is 267 g/mol. The van der Waals surface area contributed by atoms with Crippen molar-refractivity contribution in [2.45, 2.75) is 19.1 Å². The van der Waals surface area contributed by atoms with E-state index < -0.39 is 12.2 Å². The lowest BCUT2D eigenvalue weighted by molar-refractivity contribution is -0.149. The first-order valence-corrected chi connectivity index (χ1v) is 4.70. The van der Waals surface area contributed by atoms with Gasteiger partial charge in [-0.15, -0.1) is 0 Å². The summed E-state index contributed by atoms with van der Waals surface area (Å²) in [6.45, 7) is 1.60.